The summed E-state index contributed by atoms with van der Waals surface area (Å²) in [6, 6.07) is 6.74. The van der Waals surface area contributed by atoms with Crippen molar-refractivity contribution in [2.24, 2.45) is 0 Å². The summed E-state index contributed by atoms with van der Waals surface area (Å²) in [6.07, 6.45) is 1.11. The van der Waals surface area contributed by atoms with Crippen LogP contribution in [0.4, 0.5) is 4.79 Å². The van der Waals surface area contributed by atoms with Gasteiger partial charge in [0.2, 0.25) is 5.91 Å². The van der Waals surface area contributed by atoms with Crippen molar-refractivity contribution in [1.82, 2.24) is 15.6 Å². The van der Waals surface area contributed by atoms with Crippen LogP contribution in [0.25, 0.3) is 10.9 Å². The molecule has 1 aromatic carbocycles. The number of carboxylic acid groups (broad SMARTS) is 1. The van der Waals surface area contributed by atoms with Crippen molar-refractivity contribution in [2.75, 3.05) is 13.7 Å². The lowest BCUT2D eigenvalue weighted by atomic mass is 10.0. The smallest absolute Gasteiger partial charge is 0.407 e. The first-order valence-electron chi connectivity index (χ1n) is 7.40. The molecule has 2 aromatic rings. The number of aromatic amines is 1. The lowest BCUT2D eigenvalue weighted by Gasteiger charge is -2.17. The highest BCUT2D eigenvalue weighted by Crippen LogP contribution is 2.19. The predicted molar refractivity (Wildman–Crippen MR) is 86.6 cm³/mol. The highest BCUT2D eigenvalue weighted by molar-refractivity contribution is 5.88. The number of nitrogens with one attached hydrogen (secondary N) is 3. The van der Waals surface area contributed by atoms with Crippen LogP contribution in [0, 0.1) is 0 Å². The van der Waals surface area contributed by atoms with Crippen LogP contribution in [0.3, 0.4) is 0 Å². The van der Waals surface area contributed by atoms with Crippen molar-refractivity contribution >= 4 is 28.9 Å². The number of benzene rings is 1. The maximum atomic E-state index is 12.3. The van der Waals surface area contributed by atoms with Gasteiger partial charge in [0, 0.05) is 30.1 Å². The van der Waals surface area contributed by atoms with Crippen molar-refractivity contribution in [3.8, 4) is 0 Å². The molecule has 0 saturated carbocycles. The molecule has 1 aromatic heterocycles. The molecule has 0 aliphatic carbocycles. The monoisotopic (exact) mass is 333 g/mol. The molecule has 0 spiro atoms. The molecule has 1 heterocycles. The number of carbonyl (C=O) groups excluding carboxylic acids is 2. The number of rotatable bonds is 7. The quantitative estimate of drug-likeness (QED) is 0.603. The standard InChI is InChI=1S/C16H19N3O5/c1-24-16(23)19-13(15(22)17-7-6-14(20)21)8-10-9-18-12-5-3-2-4-11(10)12/h2-5,9,13,18H,6-8H2,1H3,(H,17,22)(H,19,23)(H,20,21)/t13-/m0/s1. The van der Waals surface area contributed by atoms with Crippen LogP contribution >= 0.6 is 0 Å². The third kappa shape index (κ3) is 4.48. The summed E-state index contributed by atoms with van der Waals surface area (Å²) in [7, 11) is 1.21. The molecule has 0 bridgehead atoms. The number of aromatic nitrogens is 1. The van der Waals surface area contributed by atoms with E-state index in [0.29, 0.717) is 0 Å². The summed E-state index contributed by atoms with van der Waals surface area (Å²) in [5, 5.41) is 14.6. The summed E-state index contributed by atoms with van der Waals surface area (Å²) in [6.45, 7) is -0.0125. The van der Waals surface area contributed by atoms with Crippen LogP contribution in [0.5, 0.6) is 0 Å². The fraction of sp³-hybridized carbons (Fsp3) is 0.312. The molecule has 2 amide bonds. The number of para-hydroxylation sites is 1. The molecule has 8 heteroatoms. The number of carbonyl (C=O) groups is 3. The van der Waals surface area contributed by atoms with Crippen LogP contribution in [0.1, 0.15) is 12.0 Å². The fourth-order valence-corrected chi connectivity index (χ4v) is 2.35. The van der Waals surface area contributed by atoms with Crippen LogP contribution in [-0.2, 0) is 20.7 Å². The van der Waals surface area contributed by atoms with Gasteiger partial charge in [0.25, 0.3) is 0 Å². The highest BCUT2D eigenvalue weighted by Gasteiger charge is 2.22. The van der Waals surface area contributed by atoms with Gasteiger partial charge in [-0.15, -0.1) is 0 Å². The van der Waals surface area contributed by atoms with Crippen molar-refractivity contribution in [2.45, 2.75) is 18.9 Å². The molecule has 128 valence electrons. The number of fused-ring (bicyclic) bond motifs is 1. The van der Waals surface area contributed by atoms with E-state index in [1.165, 1.54) is 7.11 Å². The molecule has 0 aliphatic heterocycles. The number of ether oxygens (including phenoxy) is 1. The summed E-state index contributed by atoms with van der Waals surface area (Å²) in [5.74, 6) is -1.48. The molecular weight excluding hydrogens is 314 g/mol. The molecule has 0 aliphatic rings. The van der Waals surface area contributed by atoms with E-state index in [1.807, 2.05) is 24.3 Å². The molecule has 1 atom stereocenters. The Bertz CT molecular complexity index is 740. The highest BCUT2D eigenvalue weighted by atomic mass is 16.5. The minimum atomic E-state index is -1.01. The van der Waals surface area contributed by atoms with Crippen LogP contribution in [0.15, 0.2) is 30.5 Å². The van der Waals surface area contributed by atoms with Gasteiger partial charge in [-0.05, 0) is 11.6 Å². The van der Waals surface area contributed by atoms with Gasteiger partial charge >= 0.3 is 12.1 Å². The van der Waals surface area contributed by atoms with Gasteiger partial charge in [-0.2, -0.15) is 0 Å². The van der Waals surface area contributed by atoms with E-state index in [0.717, 1.165) is 16.5 Å². The second kappa shape index (κ2) is 8.00. The molecule has 4 N–H and O–H groups in total. The van der Waals surface area contributed by atoms with Gasteiger partial charge in [-0.3, -0.25) is 9.59 Å². The number of amides is 2. The van der Waals surface area contributed by atoms with Crippen LogP contribution in [-0.4, -0.2) is 47.8 Å². The van der Waals surface area contributed by atoms with Crippen molar-refractivity contribution < 1.29 is 24.2 Å². The number of methoxy groups -OCH3 is 1. The van der Waals surface area contributed by atoms with E-state index in [1.54, 1.807) is 6.20 Å². The number of alkyl carbamates (subject to hydrolysis) is 1. The SMILES string of the molecule is COC(=O)N[C@@H](Cc1c[nH]c2ccccc12)C(=O)NCCC(=O)O. The minimum Gasteiger partial charge on any atom is -0.481 e. The first-order chi connectivity index (χ1) is 11.5. The maximum Gasteiger partial charge on any atom is 0.407 e. The van der Waals surface area contributed by atoms with Crippen molar-refractivity contribution in [3.05, 3.63) is 36.0 Å². The topological polar surface area (TPSA) is 121 Å². The van der Waals surface area contributed by atoms with Gasteiger partial charge in [0.15, 0.2) is 0 Å². The zero-order valence-corrected chi connectivity index (χ0v) is 13.2. The molecule has 24 heavy (non-hydrogen) atoms. The molecule has 0 fully saturated rings. The average Bonchev–Trinajstić information content (AvgIpc) is 2.96. The lowest BCUT2D eigenvalue weighted by molar-refractivity contribution is -0.137. The molecular formula is C16H19N3O5. The number of hydrogen-bond acceptors (Lipinski definition) is 4. The van der Waals surface area contributed by atoms with E-state index >= 15 is 0 Å². The largest absolute Gasteiger partial charge is 0.481 e. The Balaban J connectivity index is 2.11. The molecule has 0 saturated heterocycles. The minimum absolute atomic E-state index is 0.0125. The summed E-state index contributed by atoms with van der Waals surface area (Å²) < 4.78 is 4.55. The Kier molecular flexibility index (Phi) is 5.78. The van der Waals surface area contributed by atoms with Gasteiger partial charge in [0.1, 0.15) is 6.04 Å². The normalized spacial score (nSPS) is 11.7. The van der Waals surface area contributed by atoms with Crippen LogP contribution < -0.4 is 10.6 Å². The first kappa shape index (κ1) is 17.3. The lowest BCUT2D eigenvalue weighted by Crippen LogP contribution is -2.48. The Morgan fingerprint density at radius 1 is 1.29 bits per heavy atom. The molecule has 0 radical (unpaired) electrons. The first-order valence-corrected chi connectivity index (χ1v) is 7.40. The summed E-state index contributed by atoms with van der Waals surface area (Å²) >= 11 is 0. The Hall–Kier alpha value is -3.03. The van der Waals surface area contributed by atoms with Gasteiger partial charge in [0.05, 0.1) is 13.5 Å². The van der Waals surface area contributed by atoms with E-state index in [4.69, 9.17) is 5.11 Å². The number of aliphatic carboxylic acids is 1. The Morgan fingerprint density at radius 3 is 2.75 bits per heavy atom. The molecule has 8 nitrogen and oxygen atoms in total. The van der Waals surface area contributed by atoms with Gasteiger partial charge in [-0.25, -0.2) is 4.79 Å². The van der Waals surface area contributed by atoms with E-state index in [-0.39, 0.29) is 19.4 Å². The molecule has 2 rings (SSSR count). The zero-order valence-electron chi connectivity index (χ0n) is 13.2. The Morgan fingerprint density at radius 2 is 2.04 bits per heavy atom. The van der Waals surface area contributed by atoms with Gasteiger partial charge < -0.3 is 25.5 Å². The number of carboxylic acids is 1. The van der Waals surface area contributed by atoms with E-state index in [9.17, 15) is 14.4 Å². The van der Waals surface area contributed by atoms with E-state index < -0.39 is 24.0 Å². The van der Waals surface area contributed by atoms with Crippen LogP contribution in [0.2, 0.25) is 0 Å². The predicted octanol–water partition coefficient (Wildman–Crippen LogP) is 1.03. The maximum absolute atomic E-state index is 12.3. The average molecular weight is 333 g/mol. The van der Waals surface area contributed by atoms with Gasteiger partial charge in [-0.1, -0.05) is 18.2 Å². The zero-order chi connectivity index (χ0) is 17.5. The molecule has 0 unspecified atom stereocenters. The third-order valence-corrected chi connectivity index (χ3v) is 3.53. The van der Waals surface area contributed by atoms with Crippen molar-refractivity contribution in [1.29, 1.82) is 0 Å². The Labute approximate surface area is 138 Å². The van der Waals surface area contributed by atoms with Crippen molar-refractivity contribution in [3.63, 3.8) is 0 Å². The summed E-state index contributed by atoms with van der Waals surface area (Å²) in [4.78, 5) is 37.4. The number of hydrogen-bond donors (Lipinski definition) is 4. The second-order valence-electron chi connectivity index (χ2n) is 5.19. The van der Waals surface area contributed by atoms with E-state index in [2.05, 4.69) is 20.4 Å². The number of H-pyrrole nitrogens is 1. The summed E-state index contributed by atoms with van der Waals surface area (Å²) in [5.41, 5.74) is 1.79. The fourth-order valence-electron chi connectivity index (χ4n) is 2.35. The third-order valence-electron chi connectivity index (χ3n) is 3.53. The second-order valence-corrected chi connectivity index (χ2v) is 5.19.